The summed E-state index contributed by atoms with van der Waals surface area (Å²) in [4.78, 5) is 12.7. The van der Waals surface area contributed by atoms with E-state index in [1.54, 1.807) is 34.3 Å². The van der Waals surface area contributed by atoms with E-state index >= 15 is 0 Å². The number of aromatic nitrogens is 2. The monoisotopic (exact) mass is 418 g/mol. The molecule has 2 heterocycles. The first-order chi connectivity index (χ1) is 13.2. The number of hydrogen-bond donors (Lipinski definition) is 2. The average molecular weight is 419 g/mol. The zero-order valence-electron chi connectivity index (χ0n) is 16.1. The van der Waals surface area contributed by atoms with Crippen LogP contribution in [0.5, 0.6) is 0 Å². The Hall–Kier alpha value is -2.65. The van der Waals surface area contributed by atoms with Gasteiger partial charge in [-0.1, -0.05) is 12.1 Å². The van der Waals surface area contributed by atoms with Crippen LogP contribution in [0.2, 0.25) is 0 Å². The number of carbonyl (C=O) groups is 1. The van der Waals surface area contributed by atoms with Crippen molar-refractivity contribution in [3.63, 3.8) is 0 Å². The second kappa shape index (κ2) is 7.76. The lowest BCUT2D eigenvalue weighted by Gasteiger charge is -2.15. The molecule has 0 spiro atoms. The van der Waals surface area contributed by atoms with Crippen molar-refractivity contribution in [2.75, 3.05) is 4.72 Å². The first-order valence-electron chi connectivity index (χ1n) is 8.66. The Bertz CT molecular complexity index is 1100. The molecule has 0 fully saturated rings. The Morgan fingerprint density at radius 2 is 1.96 bits per heavy atom. The zero-order chi connectivity index (χ0) is 20.5. The first kappa shape index (κ1) is 20.1. The van der Waals surface area contributed by atoms with Gasteiger partial charge < -0.3 is 5.32 Å². The summed E-state index contributed by atoms with van der Waals surface area (Å²) in [6.07, 6.45) is 0. The van der Waals surface area contributed by atoms with Crippen LogP contribution in [0.4, 0.5) is 5.69 Å². The third-order valence-corrected chi connectivity index (χ3v) is 7.26. The summed E-state index contributed by atoms with van der Waals surface area (Å²) in [6.45, 7) is 5.77. The molecule has 1 aromatic carbocycles. The smallest absolute Gasteiger partial charge is 0.271 e. The maximum absolute atomic E-state index is 12.7. The number of carbonyl (C=O) groups excluding carboxylic acids is 1. The summed E-state index contributed by atoms with van der Waals surface area (Å²) in [5.74, 6) is -0.285. The highest BCUT2D eigenvalue weighted by Crippen LogP contribution is 2.23. The molecule has 7 nitrogen and oxygen atoms in total. The number of hydrogen-bond acceptors (Lipinski definition) is 5. The van der Waals surface area contributed by atoms with E-state index in [1.807, 2.05) is 27.8 Å². The lowest BCUT2D eigenvalue weighted by Crippen LogP contribution is -2.27. The van der Waals surface area contributed by atoms with Crippen molar-refractivity contribution in [2.24, 2.45) is 7.05 Å². The number of benzene rings is 1. The fraction of sp³-hybridized carbons (Fsp3) is 0.263. The molecule has 1 unspecified atom stereocenters. The zero-order valence-corrected chi connectivity index (χ0v) is 17.7. The molecule has 0 aliphatic carbocycles. The molecule has 2 N–H and O–H groups in total. The van der Waals surface area contributed by atoms with Crippen LogP contribution in [-0.4, -0.2) is 24.1 Å². The van der Waals surface area contributed by atoms with Gasteiger partial charge in [0, 0.05) is 29.6 Å². The molecular weight excluding hydrogens is 396 g/mol. The van der Waals surface area contributed by atoms with E-state index in [2.05, 4.69) is 15.1 Å². The van der Waals surface area contributed by atoms with Gasteiger partial charge >= 0.3 is 0 Å². The predicted octanol–water partition coefficient (Wildman–Crippen LogP) is 3.39. The molecule has 2 aromatic heterocycles. The molecule has 0 aliphatic heterocycles. The van der Waals surface area contributed by atoms with Crippen molar-refractivity contribution in [3.8, 4) is 0 Å². The maximum Gasteiger partial charge on any atom is 0.271 e. The van der Waals surface area contributed by atoms with Gasteiger partial charge in [0.2, 0.25) is 0 Å². The van der Waals surface area contributed by atoms with E-state index in [0.717, 1.165) is 28.3 Å². The molecule has 3 rings (SSSR count). The molecule has 0 saturated carbocycles. The van der Waals surface area contributed by atoms with Crippen molar-refractivity contribution >= 4 is 33.0 Å². The third-order valence-electron chi connectivity index (χ3n) is 4.48. The number of thiophene rings is 1. The molecule has 148 valence electrons. The normalized spacial score (nSPS) is 12.6. The van der Waals surface area contributed by atoms with Crippen molar-refractivity contribution in [2.45, 2.75) is 31.0 Å². The topological polar surface area (TPSA) is 93.1 Å². The fourth-order valence-electron chi connectivity index (χ4n) is 3.11. The minimum atomic E-state index is -3.66. The number of nitrogens with one attached hydrogen (secondary N) is 2. The van der Waals surface area contributed by atoms with Gasteiger partial charge in [-0.25, -0.2) is 8.42 Å². The average Bonchev–Trinajstić information content (AvgIpc) is 3.24. The van der Waals surface area contributed by atoms with Crippen LogP contribution in [0.3, 0.4) is 0 Å². The van der Waals surface area contributed by atoms with E-state index in [9.17, 15) is 13.2 Å². The van der Waals surface area contributed by atoms with Gasteiger partial charge in [-0.3, -0.25) is 14.2 Å². The Balaban J connectivity index is 1.77. The van der Waals surface area contributed by atoms with Crippen molar-refractivity contribution < 1.29 is 13.2 Å². The van der Waals surface area contributed by atoms with Crippen LogP contribution >= 0.6 is 11.3 Å². The van der Waals surface area contributed by atoms with Crippen molar-refractivity contribution in [3.05, 3.63) is 64.3 Å². The van der Waals surface area contributed by atoms with Gasteiger partial charge in [0.25, 0.3) is 15.9 Å². The molecule has 0 saturated heterocycles. The summed E-state index contributed by atoms with van der Waals surface area (Å²) >= 11 is 1.13. The van der Waals surface area contributed by atoms with Crippen LogP contribution in [0, 0.1) is 13.8 Å². The lowest BCUT2D eigenvalue weighted by molar-refractivity contribution is 0.0939. The largest absolute Gasteiger partial charge is 0.345 e. The van der Waals surface area contributed by atoms with Crippen LogP contribution in [0.1, 0.15) is 40.3 Å². The third kappa shape index (κ3) is 4.10. The minimum absolute atomic E-state index is 0.221. The quantitative estimate of drug-likeness (QED) is 0.642. The molecule has 0 bridgehead atoms. The highest BCUT2D eigenvalue weighted by atomic mass is 32.2. The summed E-state index contributed by atoms with van der Waals surface area (Å²) < 4.78 is 29.3. The van der Waals surface area contributed by atoms with Gasteiger partial charge in [-0.15, -0.1) is 11.3 Å². The SMILES string of the molecule is Cc1nn(C)c(C)c1C(C)NC(=O)c1cccc(NS(=O)(=O)c2cccs2)c1. The first-order valence-corrected chi connectivity index (χ1v) is 11.0. The Morgan fingerprint density at radius 1 is 1.21 bits per heavy atom. The lowest BCUT2D eigenvalue weighted by atomic mass is 10.1. The molecule has 1 atom stereocenters. The molecule has 0 aliphatic rings. The molecule has 28 heavy (non-hydrogen) atoms. The molecule has 9 heteroatoms. The second-order valence-electron chi connectivity index (χ2n) is 6.52. The van der Waals surface area contributed by atoms with Crippen molar-refractivity contribution in [1.82, 2.24) is 15.1 Å². The summed E-state index contributed by atoms with van der Waals surface area (Å²) in [5, 5.41) is 9.03. The van der Waals surface area contributed by atoms with Crippen LogP contribution < -0.4 is 10.0 Å². The highest BCUT2D eigenvalue weighted by molar-refractivity contribution is 7.94. The molecule has 3 aromatic rings. The summed E-state index contributed by atoms with van der Waals surface area (Å²) in [7, 11) is -1.80. The van der Waals surface area contributed by atoms with Crippen LogP contribution in [0.25, 0.3) is 0 Å². The predicted molar refractivity (Wildman–Crippen MR) is 110 cm³/mol. The van der Waals surface area contributed by atoms with Crippen molar-refractivity contribution in [1.29, 1.82) is 0 Å². The van der Waals surface area contributed by atoms with Crippen LogP contribution in [-0.2, 0) is 17.1 Å². The number of rotatable bonds is 6. The number of anilines is 1. The summed E-state index contributed by atoms with van der Waals surface area (Å²) in [6, 6.07) is 9.40. The second-order valence-corrected chi connectivity index (χ2v) is 9.38. The van der Waals surface area contributed by atoms with E-state index in [0.29, 0.717) is 11.3 Å². The number of amides is 1. The highest BCUT2D eigenvalue weighted by Gasteiger charge is 2.20. The fourth-order valence-corrected chi connectivity index (χ4v) is 5.16. The summed E-state index contributed by atoms with van der Waals surface area (Å²) in [5.41, 5.74) is 3.54. The Morgan fingerprint density at radius 3 is 2.57 bits per heavy atom. The van der Waals surface area contributed by atoms with Gasteiger partial charge in [-0.2, -0.15) is 5.10 Å². The minimum Gasteiger partial charge on any atom is -0.345 e. The molecule has 0 radical (unpaired) electrons. The Kier molecular flexibility index (Phi) is 5.57. The van der Waals surface area contributed by atoms with E-state index < -0.39 is 10.0 Å². The molecule has 1 amide bonds. The van der Waals surface area contributed by atoms with E-state index in [1.165, 1.54) is 12.1 Å². The Labute approximate surface area is 168 Å². The van der Waals surface area contributed by atoms with Gasteiger partial charge in [-0.05, 0) is 50.4 Å². The molecular formula is C19H22N4O3S2. The number of aryl methyl sites for hydroxylation is 2. The maximum atomic E-state index is 12.7. The van der Waals surface area contributed by atoms with Gasteiger partial charge in [0.15, 0.2) is 0 Å². The van der Waals surface area contributed by atoms with Gasteiger partial charge in [0.1, 0.15) is 4.21 Å². The number of nitrogens with zero attached hydrogens (tertiary/aromatic N) is 2. The van der Waals surface area contributed by atoms with E-state index in [-0.39, 0.29) is 16.2 Å². The number of sulfonamides is 1. The van der Waals surface area contributed by atoms with E-state index in [4.69, 9.17) is 0 Å². The van der Waals surface area contributed by atoms with Crippen LogP contribution in [0.15, 0.2) is 46.0 Å². The standard InChI is InChI=1S/C19H22N4O3S2/c1-12(18-13(2)21-23(4)14(18)3)20-19(24)15-7-5-8-16(11-15)22-28(25,26)17-9-6-10-27-17/h5-12,22H,1-4H3,(H,20,24). The van der Waals surface area contributed by atoms with Gasteiger partial charge in [0.05, 0.1) is 11.7 Å².